The quantitative estimate of drug-likeness (QED) is 0.597. The normalized spacial score (nSPS) is 17.1. The van der Waals surface area contributed by atoms with E-state index in [1.54, 1.807) is 14.2 Å². The summed E-state index contributed by atoms with van der Waals surface area (Å²) < 4.78 is 20.5. The van der Waals surface area contributed by atoms with E-state index >= 15 is 0 Å². The summed E-state index contributed by atoms with van der Waals surface area (Å²) in [4.78, 5) is 0. The van der Waals surface area contributed by atoms with Crippen LogP contribution in [0, 0.1) is 0 Å². The predicted molar refractivity (Wildman–Crippen MR) is 60.6 cm³/mol. The highest BCUT2D eigenvalue weighted by Gasteiger charge is 2.07. The lowest BCUT2D eigenvalue weighted by atomic mass is 10.4. The average molecular weight is 236 g/mol. The molecule has 0 aliphatic carbocycles. The molecule has 0 aliphatic heterocycles. The molecule has 5 nitrogen and oxygen atoms in total. The van der Waals surface area contributed by atoms with Gasteiger partial charge >= 0.3 is 0 Å². The third kappa shape index (κ3) is 9.06. The SMILES string of the molecule is COC(C)COCC(O)COCC(C)OC. The standard InChI is InChI=1S/C11H24O5/c1-9(13-3)5-15-7-11(12)8-16-6-10(2)14-4/h9-12H,5-8H2,1-4H3. The van der Waals surface area contributed by atoms with Crippen molar-refractivity contribution in [3.05, 3.63) is 0 Å². The molecule has 0 fully saturated rings. The highest BCUT2D eigenvalue weighted by molar-refractivity contribution is 4.54. The van der Waals surface area contributed by atoms with Crippen LogP contribution in [0.3, 0.4) is 0 Å². The Morgan fingerprint density at radius 2 is 1.19 bits per heavy atom. The Hall–Kier alpha value is -0.200. The number of ether oxygens (including phenoxy) is 4. The van der Waals surface area contributed by atoms with Gasteiger partial charge in [0.25, 0.3) is 0 Å². The zero-order chi connectivity index (χ0) is 12.4. The van der Waals surface area contributed by atoms with Crippen molar-refractivity contribution < 1.29 is 24.1 Å². The van der Waals surface area contributed by atoms with Crippen molar-refractivity contribution in [2.75, 3.05) is 40.6 Å². The van der Waals surface area contributed by atoms with Crippen molar-refractivity contribution in [3.63, 3.8) is 0 Å². The first-order valence-electron chi connectivity index (χ1n) is 5.49. The number of hydrogen-bond donors (Lipinski definition) is 1. The van der Waals surface area contributed by atoms with Crippen LogP contribution in [-0.4, -0.2) is 64.1 Å². The number of aliphatic hydroxyl groups is 1. The monoisotopic (exact) mass is 236 g/mol. The molecule has 0 aromatic heterocycles. The van der Waals surface area contributed by atoms with Crippen LogP contribution in [0.2, 0.25) is 0 Å². The highest BCUT2D eigenvalue weighted by Crippen LogP contribution is 1.94. The van der Waals surface area contributed by atoms with E-state index < -0.39 is 6.10 Å². The van der Waals surface area contributed by atoms with Gasteiger partial charge in [0.05, 0.1) is 38.6 Å². The topological polar surface area (TPSA) is 57.2 Å². The molecule has 0 aromatic rings. The van der Waals surface area contributed by atoms with Gasteiger partial charge < -0.3 is 24.1 Å². The molecule has 1 N–H and O–H groups in total. The Balaban J connectivity index is 3.34. The van der Waals surface area contributed by atoms with E-state index in [0.717, 1.165) is 0 Å². The molecule has 0 rings (SSSR count). The molecular weight excluding hydrogens is 212 g/mol. The van der Waals surface area contributed by atoms with Crippen LogP contribution < -0.4 is 0 Å². The van der Waals surface area contributed by atoms with E-state index in [0.29, 0.717) is 13.2 Å². The van der Waals surface area contributed by atoms with Crippen molar-refractivity contribution in [1.29, 1.82) is 0 Å². The van der Waals surface area contributed by atoms with Gasteiger partial charge in [0.15, 0.2) is 0 Å². The molecule has 0 spiro atoms. The Bertz CT molecular complexity index is 137. The van der Waals surface area contributed by atoms with Gasteiger partial charge in [-0.25, -0.2) is 0 Å². The summed E-state index contributed by atoms with van der Waals surface area (Å²) in [6, 6.07) is 0. The van der Waals surface area contributed by atoms with Crippen LogP contribution in [0.4, 0.5) is 0 Å². The molecule has 2 unspecified atom stereocenters. The first-order valence-corrected chi connectivity index (χ1v) is 5.49. The molecule has 0 aromatic carbocycles. The van der Waals surface area contributed by atoms with Crippen LogP contribution in [-0.2, 0) is 18.9 Å². The smallest absolute Gasteiger partial charge is 0.101 e. The second-order valence-corrected chi connectivity index (χ2v) is 3.82. The fraction of sp³-hybridized carbons (Fsp3) is 1.00. The second-order valence-electron chi connectivity index (χ2n) is 3.82. The second kappa shape index (κ2) is 9.99. The lowest BCUT2D eigenvalue weighted by Gasteiger charge is -2.15. The van der Waals surface area contributed by atoms with Gasteiger partial charge in [0, 0.05) is 14.2 Å². The highest BCUT2D eigenvalue weighted by atomic mass is 16.5. The molecule has 16 heavy (non-hydrogen) atoms. The third-order valence-electron chi connectivity index (χ3n) is 2.13. The van der Waals surface area contributed by atoms with Crippen molar-refractivity contribution in [2.45, 2.75) is 32.2 Å². The van der Waals surface area contributed by atoms with Gasteiger partial charge in [-0.1, -0.05) is 0 Å². The molecule has 0 bridgehead atoms. The van der Waals surface area contributed by atoms with Gasteiger partial charge in [-0.15, -0.1) is 0 Å². The van der Waals surface area contributed by atoms with Crippen LogP contribution in [0.5, 0.6) is 0 Å². The van der Waals surface area contributed by atoms with Crippen LogP contribution in [0.15, 0.2) is 0 Å². The molecule has 0 amide bonds. The third-order valence-corrected chi connectivity index (χ3v) is 2.13. The largest absolute Gasteiger partial charge is 0.388 e. The Morgan fingerprint density at radius 1 is 0.812 bits per heavy atom. The summed E-state index contributed by atoms with van der Waals surface area (Å²) in [5, 5.41) is 9.49. The summed E-state index contributed by atoms with van der Waals surface area (Å²) >= 11 is 0. The molecule has 0 saturated carbocycles. The maximum atomic E-state index is 9.49. The Morgan fingerprint density at radius 3 is 1.50 bits per heavy atom. The molecule has 5 heteroatoms. The summed E-state index contributed by atoms with van der Waals surface area (Å²) in [5.74, 6) is 0. The maximum Gasteiger partial charge on any atom is 0.101 e. The van der Waals surface area contributed by atoms with Gasteiger partial charge in [0.1, 0.15) is 6.10 Å². The minimum Gasteiger partial charge on any atom is -0.388 e. The zero-order valence-electron chi connectivity index (χ0n) is 10.6. The van der Waals surface area contributed by atoms with E-state index in [2.05, 4.69) is 0 Å². The van der Waals surface area contributed by atoms with Gasteiger partial charge in [-0.05, 0) is 13.8 Å². The zero-order valence-corrected chi connectivity index (χ0v) is 10.6. The lowest BCUT2D eigenvalue weighted by Crippen LogP contribution is -2.26. The van der Waals surface area contributed by atoms with Gasteiger partial charge in [-0.2, -0.15) is 0 Å². The van der Waals surface area contributed by atoms with Crippen molar-refractivity contribution >= 4 is 0 Å². The Kier molecular flexibility index (Phi) is 9.86. The first-order chi connectivity index (χ1) is 7.60. The fourth-order valence-electron chi connectivity index (χ4n) is 0.924. The van der Waals surface area contributed by atoms with Crippen molar-refractivity contribution in [3.8, 4) is 0 Å². The molecule has 0 aliphatic rings. The van der Waals surface area contributed by atoms with E-state index in [1.165, 1.54) is 0 Å². The first kappa shape index (κ1) is 15.8. The average Bonchev–Trinajstić information content (AvgIpc) is 2.28. The summed E-state index contributed by atoms with van der Waals surface area (Å²) in [7, 11) is 3.25. The molecule has 0 radical (unpaired) electrons. The fourth-order valence-corrected chi connectivity index (χ4v) is 0.924. The molecule has 98 valence electrons. The van der Waals surface area contributed by atoms with Gasteiger partial charge in [-0.3, -0.25) is 0 Å². The van der Waals surface area contributed by atoms with E-state index in [9.17, 15) is 5.11 Å². The van der Waals surface area contributed by atoms with Crippen molar-refractivity contribution in [2.24, 2.45) is 0 Å². The minimum atomic E-state index is -0.604. The molecule has 2 atom stereocenters. The number of aliphatic hydroxyl groups excluding tert-OH is 1. The number of rotatable bonds is 10. The van der Waals surface area contributed by atoms with E-state index in [1.807, 2.05) is 13.8 Å². The van der Waals surface area contributed by atoms with Crippen LogP contribution in [0.25, 0.3) is 0 Å². The number of methoxy groups -OCH3 is 2. The summed E-state index contributed by atoms with van der Waals surface area (Å²) in [6.45, 7) is 5.28. The molecule has 0 saturated heterocycles. The minimum absolute atomic E-state index is 0.0432. The summed E-state index contributed by atoms with van der Waals surface area (Å²) in [6.07, 6.45) is -0.517. The number of hydrogen-bond acceptors (Lipinski definition) is 5. The molecule has 0 heterocycles. The lowest BCUT2D eigenvalue weighted by molar-refractivity contribution is -0.0573. The summed E-state index contributed by atoms with van der Waals surface area (Å²) in [5.41, 5.74) is 0. The van der Waals surface area contributed by atoms with Gasteiger partial charge in [0.2, 0.25) is 0 Å². The van der Waals surface area contributed by atoms with Crippen LogP contribution >= 0.6 is 0 Å². The Labute approximate surface area is 97.6 Å². The van der Waals surface area contributed by atoms with E-state index in [-0.39, 0.29) is 25.4 Å². The van der Waals surface area contributed by atoms with Crippen LogP contribution in [0.1, 0.15) is 13.8 Å². The predicted octanol–water partition coefficient (Wildman–Crippen LogP) is 0.450. The van der Waals surface area contributed by atoms with E-state index in [4.69, 9.17) is 18.9 Å². The van der Waals surface area contributed by atoms with Crippen molar-refractivity contribution in [1.82, 2.24) is 0 Å². The maximum absolute atomic E-state index is 9.49. The molecular formula is C11H24O5.